The minimum atomic E-state index is 0.210. The topological polar surface area (TPSA) is 50.1 Å². The zero-order valence-corrected chi connectivity index (χ0v) is 13.1. The van der Waals surface area contributed by atoms with Crippen LogP contribution in [0, 0.1) is 6.92 Å². The number of aromatic nitrogens is 2. The molecule has 0 amide bonds. The maximum Gasteiger partial charge on any atom is 0.0540 e. The van der Waals surface area contributed by atoms with Crippen molar-refractivity contribution >= 4 is 0 Å². The molecule has 0 aliphatic rings. The Morgan fingerprint density at radius 1 is 1.29 bits per heavy atom. The summed E-state index contributed by atoms with van der Waals surface area (Å²) in [6.45, 7) is 5.30. The molecule has 1 aromatic carbocycles. The molecule has 0 saturated carbocycles. The summed E-state index contributed by atoms with van der Waals surface area (Å²) in [6, 6.07) is 10.6. The van der Waals surface area contributed by atoms with Gasteiger partial charge in [-0.2, -0.15) is 5.10 Å². The third-order valence-electron chi connectivity index (χ3n) is 4.16. The molecular formula is C17H25N3O. The largest absolute Gasteiger partial charge is 0.396 e. The van der Waals surface area contributed by atoms with Crippen molar-refractivity contribution in [2.24, 2.45) is 7.05 Å². The molecule has 0 aliphatic heterocycles. The highest BCUT2D eigenvalue weighted by Gasteiger charge is 2.15. The van der Waals surface area contributed by atoms with Crippen LogP contribution in [0.2, 0.25) is 0 Å². The van der Waals surface area contributed by atoms with Crippen molar-refractivity contribution in [2.75, 3.05) is 13.2 Å². The van der Waals surface area contributed by atoms with Crippen LogP contribution in [0.5, 0.6) is 0 Å². The van der Waals surface area contributed by atoms with Gasteiger partial charge in [-0.05, 0) is 31.7 Å². The highest BCUT2D eigenvalue weighted by atomic mass is 16.3. The van der Waals surface area contributed by atoms with Crippen LogP contribution in [0.15, 0.2) is 36.5 Å². The molecule has 2 N–H and O–H groups in total. The molecule has 1 aromatic heterocycles. The van der Waals surface area contributed by atoms with Crippen LogP contribution in [0.1, 0.15) is 42.1 Å². The Balaban J connectivity index is 2.00. The van der Waals surface area contributed by atoms with E-state index in [4.69, 9.17) is 0 Å². The molecule has 0 fully saturated rings. The first-order valence-corrected chi connectivity index (χ1v) is 7.51. The van der Waals surface area contributed by atoms with Gasteiger partial charge in [-0.1, -0.05) is 30.3 Å². The average molecular weight is 287 g/mol. The molecule has 1 heterocycles. The summed E-state index contributed by atoms with van der Waals surface area (Å²) in [5, 5.41) is 17.2. The Morgan fingerprint density at radius 2 is 2.00 bits per heavy atom. The van der Waals surface area contributed by atoms with Gasteiger partial charge in [0.05, 0.1) is 6.20 Å². The average Bonchev–Trinajstić information content (AvgIpc) is 2.84. The zero-order valence-electron chi connectivity index (χ0n) is 13.1. The molecule has 4 nitrogen and oxygen atoms in total. The van der Waals surface area contributed by atoms with Crippen LogP contribution in [0.25, 0.3) is 0 Å². The third-order valence-corrected chi connectivity index (χ3v) is 4.16. The first-order chi connectivity index (χ1) is 10.1. The van der Waals surface area contributed by atoms with Crippen LogP contribution in [-0.2, 0) is 7.05 Å². The summed E-state index contributed by atoms with van der Waals surface area (Å²) in [5.41, 5.74) is 3.69. The summed E-state index contributed by atoms with van der Waals surface area (Å²) in [7, 11) is 1.96. The Labute approximate surface area is 126 Å². The Hall–Kier alpha value is -1.65. The number of aryl methyl sites for hydroxylation is 1. The first kappa shape index (κ1) is 15.7. The molecule has 0 radical (unpaired) electrons. The monoisotopic (exact) mass is 287 g/mol. The summed E-state index contributed by atoms with van der Waals surface area (Å²) < 4.78 is 1.90. The van der Waals surface area contributed by atoms with E-state index in [0.29, 0.717) is 5.92 Å². The standard InChI is InChI=1S/C17H25N3O/c1-13(17-12-19-20(3)14(17)2)18-11-16(9-10-21)15-7-5-4-6-8-15/h4-8,12-13,16,18,21H,9-11H2,1-3H3. The number of benzene rings is 1. The van der Waals surface area contributed by atoms with Gasteiger partial charge < -0.3 is 10.4 Å². The number of nitrogens with zero attached hydrogens (tertiary/aromatic N) is 2. The molecular weight excluding hydrogens is 262 g/mol. The molecule has 21 heavy (non-hydrogen) atoms. The van der Waals surface area contributed by atoms with Crippen molar-refractivity contribution in [3.8, 4) is 0 Å². The maximum absolute atomic E-state index is 9.29. The minimum Gasteiger partial charge on any atom is -0.396 e. The van der Waals surface area contributed by atoms with Gasteiger partial charge >= 0.3 is 0 Å². The fourth-order valence-electron chi connectivity index (χ4n) is 2.64. The lowest BCUT2D eigenvalue weighted by Crippen LogP contribution is -2.25. The molecule has 2 rings (SSSR count). The molecule has 0 saturated heterocycles. The second-order valence-electron chi connectivity index (χ2n) is 5.56. The number of aliphatic hydroxyl groups is 1. The second kappa shape index (κ2) is 7.38. The molecule has 2 aromatic rings. The highest BCUT2D eigenvalue weighted by Crippen LogP contribution is 2.21. The van der Waals surface area contributed by atoms with Gasteiger partial charge in [-0.3, -0.25) is 4.68 Å². The van der Waals surface area contributed by atoms with Crippen molar-refractivity contribution in [2.45, 2.75) is 32.2 Å². The molecule has 0 spiro atoms. The number of nitrogens with one attached hydrogen (secondary N) is 1. The summed E-state index contributed by atoms with van der Waals surface area (Å²) >= 11 is 0. The minimum absolute atomic E-state index is 0.210. The third kappa shape index (κ3) is 3.93. The van der Waals surface area contributed by atoms with E-state index in [-0.39, 0.29) is 12.6 Å². The van der Waals surface area contributed by atoms with Gasteiger partial charge in [-0.25, -0.2) is 0 Å². The lowest BCUT2D eigenvalue weighted by Gasteiger charge is -2.20. The lowest BCUT2D eigenvalue weighted by atomic mass is 9.95. The van der Waals surface area contributed by atoms with E-state index >= 15 is 0 Å². The van der Waals surface area contributed by atoms with Crippen LogP contribution in [0.3, 0.4) is 0 Å². The number of rotatable bonds is 7. The molecule has 4 heteroatoms. The summed E-state index contributed by atoms with van der Waals surface area (Å²) in [6.07, 6.45) is 2.70. The first-order valence-electron chi connectivity index (χ1n) is 7.51. The maximum atomic E-state index is 9.29. The van der Waals surface area contributed by atoms with E-state index < -0.39 is 0 Å². The van der Waals surface area contributed by atoms with Gasteiger partial charge in [0.1, 0.15) is 0 Å². The van der Waals surface area contributed by atoms with Crippen molar-refractivity contribution in [1.29, 1.82) is 0 Å². The van der Waals surface area contributed by atoms with Crippen LogP contribution in [-0.4, -0.2) is 28.0 Å². The molecule has 0 bridgehead atoms. The van der Waals surface area contributed by atoms with Gasteiger partial charge in [0.2, 0.25) is 0 Å². The van der Waals surface area contributed by atoms with Gasteiger partial charge in [-0.15, -0.1) is 0 Å². The Bertz CT molecular complexity index is 550. The van der Waals surface area contributed by atoms with Crippen molar-refractivity contribution in [3.05, 3.63) is 53.3 Å². The molecule has 2 unspecified atom stereocenters. The van der Waals surface area contributed by atoms with Crippen LogP contribution in [0.4, 0.5) is 0 Å². The fraction of sp³-hybridized carbons (Fsp3) is 0.471. The normalized spacial score (nSPS) is 14.1. The quantitative estimate of drug-likeness (QED) is 0.823. The Kier molecular flexibility index (Phi) is 5.53. The molecule has 0 aliphatic carbocycles. The molecule has 2 atom stereocenters. The highest BCUT2D eigenvalue weighted by molar-refractivity contribution is 5.22. The van der Waals surface area contributed by atoms with Crippen LogP contribution >= 0.6 is 0 Å². The van der Waals surface area contributed by atoms with E-state index in [1.54, 1.807) is 0 Å². The Morgan fingerprint density at radius 3 is 2.57 bits per heavy atom. The summed E-state index contributed by atoms with van der Waals surface area (Å²) in [4.78, 5) is 0. The van der Waals surface area contributed by atoms with Gasteiger partial charge in [0.15, 0.2) is 0 Å². The SMILES string of the molecule is Cc1c(C(C)NCC(CCO)c2ccccc2)cnn1C. The van der Waals surface area contributed by atoms with E-state index in [1.807, 2.05) is 24.0 Å². The zero-order chi connectivity index (χ0) is 15.2. The number of aliphatic hydroxyl groups excluding tert-OH is 1. The lowest BCUT2D eigenvalue weighted by molar-refractivity contribution is 0.272. The van der Waals surface area contributed by atoms with Crippen molar-refractivity contribution in [1.82, 2.24) is 15.1 Å². The van der Waals surface area contributed by atoms with E-state index in [1.165, 1.54) is 16.8 Å². The van der Waals surface area contributed by atoms with E-state index in [0.717, 1.165) is 13.0 Å². The molecule has 114 valence electrons. The fourth-order valence-corrected chi connectivity index (χ4v) is 2.64. The smallest absolute Gasteiger partial charge is 0.0540 e. The van der Waals surface area contributed by atoms with Crippen LogP contribution < -0.4 is 5.32 Å². The predicted molar refractivity (Wildman–Crippen MR) is 85.2 cm³/mol. The van der Waals surface area contributed by atoms with Gasteiger partial charge in [0.25, 0.3) is 0 Å². The van der Waals surface area contributed by atoms with Crippen molar-refractivity contribution in [3.63, 3.8) is 0 Å². The van der Waals surface area contributed by atoms with Crippen molar-refractivity contribution < 1.29 is 5.11 Å². The van der Waals surface area contributed by atoms with E-state index in [2.05, 4.69) is 48.5 Å². The summed E-state index contributed by atoms with van der Waals surface area (Å²) in [5.74, 6) is 0.329. The van der Waals surface area contributed by atoms with Gasteiger partial charge in [0, 0.05) is 37.5 Å². The number of hydrogen-bond acceptors (Lipinski definition) is 3. The van der Waals surface area contributed by atoms with E-state index in [9.17, 15) is 5.11 Å². The predicted octanol–water partition coefficient (Wildman–Crippen LogP) is 2.55. The number of hydrogen-bond donors (Lipinski definition) is 2. The second-order valence-corrected chi connectivity index (χ2v) is 5.56.